The van der Waals surface area contributed by atoms with Crippen LogP contribution in [-0.2, 0) is 24.2 Å². The number of benzene rings is 2. The van der Waals surface area contributed by atoms with Gasteiger partial charge in [-0.3, -0.25) is 4.79 Å². The lowest BCUT2D eigenvalue weighted by Crippen LogP contribution is -2.14. The van der Waals surface area contributed by atoms with Gasteiger partial charge in [-0.25, -0.2) is 17.6 Å². The molecule has 0 atom stereocenters. The molecule has 1 N–H and O–H groups in total. The van der Waals surface area contributed by atoms with Crippen LogP contribution in [0.5, 0.6) is 0 Å². The lowest BCUT2D eigenvalue weighted by Gasteiger charge is -2.15. The first kappa shape index (κ1) is 22.6. The molecule has 0 radical (unpaired) electrons. The average molecular weight is 441 g/mol. The maximum absolute atomic E-state index is 13.6. The van der Waals surface area contributed by atoms with Crippen LogP contribution in [0, 0.1) is 5.82 Å². The number of rotatable bonds is 7. The maximum atomic E-state index is 13.6. The Balaban J connectivity index is 2.80. The molecular weight excluding hydrogens is 423 g/mol. The van der Waals surface area contributed by atoms with Crippen LogP contribution in [0.2, 0.25) is 5.02 Å². The van der Waals surface area contributed by atoms with Gasteiger partial charge in [-0.15, -0.1) is 0 Å². The predicted molar refractivity (Wildman–Crippen MR) is 106 cm³/mol. The molecule has 0 saturated carbocycles. The fraction of sp³-hybridized carbons (Fsp3) is 0.200. The van der Waals surface area contributed by atoms with Crippen molar-refractivity contribution in [2.75, 3.05) is 12.9 Å². The number of carboxylic acid groups (broad SMARTS) is 1. The topological polar surface area (TPSA) is 97.7 Å². The summed E-state index contributed by atoms with van der Waals surface area (Å²) >= 11 is 5.87. The monoisotopic (exact) mass is 440 g/mol. The first-order valence-corrected chi connectivity index (χ1v) is 10.7. The molecule has 0 saturated heterocycles. The molecule has 0 bridgehead atoms. The molecular formula is C20H18ClFO6S. The van der Waals surface area contributed by atoms with Crippen molar-refractivity contribution in [3.63, 3.8) is 0 Å². The van der Waals surface area contributed by atoms with Crippen LogP contribution in [0.3, 0.4) is 0 Å². The van der Waals surface area contributed by atoms with E-state index in [1.165, 1.54) is 36.4 Å². The van der Waals surface area contributed by atoms with E-state index in [2.05, 4.69) is 0 Å². The Morgan fingerprint density at radius 3 is 2.17 bits per heavy atom. The van der Waals surface area contributed by atoms with Gasteiger partial charge in [0.05, 0.1) is 28.5 Å². The van der Waals surface area contributed by atoms with Crippen LogP contribution in [0.25, 0.3) is 5.57 Å². The van der Waals surface area contributed by atoms with Crippen molar-refractivity contribution < 1.29 is 32.2 Å². The number of sulfone groups is 1. The number of hydrogen-bond acceptors (Lipinski definition) is 5. The van der Waals surface area contributed by atoms with E-state index in [1.54, 1.807) is 6.92 Å². The number of ether oxygens (including phenoxy) is 1. The van der Waals surface area contributed by atoms with Gasteiger partial charge >= 0.3 is 11.9 Å². The SMILES string of the molecule is CCOC(=O)C(CC(=O)O)=C(c1ccc(S(C)(=O)=O)cc1)c1ccc(F)c(Cl)c1. The second-order valence-electron chi connectivity index (χ2n) is 6.07. The molecule has 0 heterocycles. The highest BCUT2D eigenvalue weighted by Crippen LogP contribution is 2.32. The highest BCUT2D eigenvalue weighted by atomic mass is 35.5. The lowest BCUT2D eigenvalue weighted by atomic mass is 9.91. The van der Waals surface area contributed by atoms with E-state index in [9.17, 15) is 27.5 Å². The number of esters is 1. The Morgan fingerprint density at radius 2 is 1.69 bits per heavy atom. The van der Waals surface area contributed by atoms with Gasteiger partial charge in [0.1, 0.15) is 5.82 Å². The fourth-order valence-corrected chi connectivity index (χ4v) is 3.48. The van der Waals surface area contributed by atoms with E-state index in [0.717, 1.165) is 12.3 Å². The van der Waals surface area contributed by atoms with E-state index >= 15 is 0 Å². The molecule has 0 aliphatic carbocycles. The molecule has 0 amide bonds. The van der Waals surface area contributed by atoms with Crippen molar-refractivity contribution >= 4 is 38.9 Å². The zero-order valence-electron chi connectivity index (χ0n) is 15.6. The molecule has 2 aromatic rings. The van der Waals surface area contributed by atoms with Crippen molar-refractivity contribution in [2.24, 2.45) is 0 Å². The molecule has 6 nitrogen and oxygen atoms in total. The molecule has 0 unspecified atom stereocenters. The quantitative estimate of drug-likeness (QED) is 0.520. The Bertz CT molecular complexity index is 1070. The summed E-state index contributed by atoms with van der Waals surface area (Å²) in [5.41, 5.74) is 0.624. The zero-order valence-corrected chi connectivity index (χ0v) is 17.2. The second kappa shape index (κ2) is 9.19. The van der Waals surface area contributed by atoms with E-state index in [-0.39, 0.29) is 33.2 Å². The Hall–Kier alpha value is -2.71. The van der Waals surface area contributed by atoms with E-state index < -0.39 is 34.0 Å². The fourth-order valence-electron chi connectivity index (χ4n) is 2.67. The van der Waals surface area contributed by atoms with Crippen molar-refractivity contribution in [1.29, 1.82) is 0 Å². The normalized spacial score (nSPS) is 12.3. The van der Waals surface area contributed by atoms with E-state index in [4.69, 9.17) is 16.3 Å². The molecule has 0 spiro atoms. The summed E-state index contributed by atoms with van der Waals surface area (Å²) in [6.07, 6.45) is 0.393. The number of carbonyl (C=O) groups excluding carboxylic acids is 1. The molecule has 0 aliphatic rings. The molecule has 0 aliphatic heterocycles. The molecule has 2 rings (SSSR count). The Kier molecular flexibility index (Phi) is 7.16. The highest BCUT2D eigenvalue weighted by Gasteiger charge is 2.23. The number of aliphatic carboxylic acids is 1. The standard InChI is InChI=1S/C20H18ClFO6S/c1-3-28-20(25)15(11-18(23)24)19(13-6-9-17(22)16(21)10-13)12-4-7-14(8-5-12)29(2,26)27/h4-10H,3,11H2,1-2H3,(H,23,24). The summed E-state index contributed by atoms with van der Waals surface area (Å²) < 4.78 is 42.1. The summed E-state index contributed by atoms with van der Waals surface area (Å²) in [4.78, 5) is 23.9. The minimum atomic E-state index is -3.46. The number of carboxylic acids is 1. The Labute approximate surface area is 172 Å². The van der Waals surface area contributed by atoms with Crippen LogP contribution in [0.1, 0.15) is 24.5 Å². The van der Waals surface area contributed by atoms with Crippen molar-refractivity contribution in [3.8, 4) is 0 Å². The van der Waals surface area contributed by atoms with Crippen LogP contribution < -0.4 is 0 Å². The van der Waals surface area contributed by atoms with Crippen molar-refractivity contribution in [2.45, 2.75) is 18.2 Å². The van der Waals surface area contributed by atoms with Crippen LogP contribution >= 0.6 is 11.6 Å². The van der Waals surface area contributed by atoms with Gasteiger partial charge in [0.15, 0.2) is 9.84 Å². The van der Waals surface area contributed by atoms with E-state index in [1.807, 2.05) is 0 Å². The van der Waals surface area contributed by atoms with Gasteiger partial charge in [0, 0.05) is 6.26 Å². The summed E-state index contributed by atoms with van der Waals surface area (Å²) in [5, 5.41) is 9.07. The van der Waals surface area contributed by atoms with Crippen LogP contribution in [0.4, 0.5) is 4.39 Å². The van der Waals surface area contributed by atoms with Crippen molar-refractivity contribution in [1.82, 2.24) is 0 Å². The van der Waals surface area contributed by atoms with Gasteiger partial charge in [0.2, 0.25) is 0 Å². The van der Waals surface area contributed by atoms with Gasteiger partial charge in [-0.1, -0.05) is 29.8 Å². The summed E-state index contributed by atoms with van der Waals surface area (Å²) in [6, 6.07) is 9.23. The molecule has 0 fully saturated rings. The molecule has 2 aromatic carbocycles. The minimum Gasteiger partial charge on any atom is -0.481 e. The zero-order chi connectivity index (χ0) is 21.8. The van der Waals surface area contributed by atoms with Gasteiger partial charge in [-0.05, 0) is 47.9 Å². The molecule has 154 valence electrons. The number of halogens is 2. The summed E-state index contributed by atoms with van der Waals surface area (Å²) in [6.45, 7) is 1.60. The van der Waals surface area contributed by atoms with Gasteiger partial charge in [-0.2, -0.15) is 0 Å². The van der Waals surface area contributed by atoms with Crippen LogP contribution in [0.15, 0.2) is 52.9 Å². The molecule has 9 heteroatoms. The largest absolute Gasteiger partial charge is 0.481 e. The number of carbonyl (C=O) groups is 2. The van der Waals surface area contributed by atoms with Crippen LogP contribution in [-0.4, -0.2) is 38.3 Å². The van der Waals surface area contributed by atoms with Gasteiger partial charge < -0.3 is 9.84 Å². The minimum absolute atomic E-state index is 0.0203. The third kappa shape index (κ3) is 5.65. The summed E-state index contributed by atoms with van der Waals surface area (Å²) in [5.74, 6) is -2.80. The highest BCUT2D eigenvalue weighted by molar-refractivity contribution is 7.90. The Morgan fingerprint density at radius 1 is 1.10 bits per heavy atom. The second-order valence-corrected chi connectivity index (χ2v) is 8.49. The average Bonchev–Trinajstić information content (AvgIpc) is 2.63. The predicted octanol–water partition coefficient (Wildman–Crippen LogP) is 3.72. The third-order valence-corrected chi connectivity index (χ3v) is 5.35. The molecule has 0 aromatic heterocycles. The maximum Gasteiger partial charge on any atom is 0.335 e. The molecule has 29 heavy (non-hydrogen) atoms. The smallest absolute Gasteiger partial charge is 0.335 e. The van der Waals surface area contributed by atoms with E-state index in [0.29, 0.717) is 5.56 Å². The first-order valence-electron chi connectivity index (χ1n) is 8.42. The summed E-state index contributed by atoms with van der Waals surface area (Å²) in [7, 11) is -3.46. The first-order chi connectivity index (χ1) is 13.5. The van der Waals surface area contributed by atoms with Gasteiger partial charge in [0.25, 0.3) is 0 Å². The third-order valence-electron chi connectivity index (χ3n) is 3.93. The number of hydrogen-bond donors (Lipinski definition) is 1. The van der Waals surface area contributed by atoms with Crippen molar-refractivity contribution in [3.05, 3.63) is 70.0 Å². The lowest BCUT2D eigenvalue weighted by molar-refractivity contribution is -0.142.